The molecule has 0 bridgehead atoms. The predicted octanol–water partition coefficient (Wildman–Crippen LogP) is 16.0. The molecule has 0 aromatic heterocycles. The predicted molar refractivity (Wildman–Crippen MR) is 282 cm³/mol. The molecule has 4 N–H and O–H groups in total. The second kappa shape index (κ2) is 22.2. The number of hydrogen-bond donors (Lipinski definition) is 4. The van der Waals surface area contributed by atoms with Crippen LogP contribution in [0.25, 0.3) is 22.3 Å². The van der Waals surface area contributed by atoms with Crippen molar-refractivity contribution in [2.24, 2.45) is 0 Å². The maximum absolute atomic E-state index is 10.9. The fourth-order valence-corrected chi connectivity index (χ4v) is 10.7. The van der Waals surface area contributed by atoms with Crippen molar-refractivity contribution < 1.29 is 25.2 Å². The largest absolute Gasteiger partial charge is 0.508 e. The second-order valence-corrected chi connectivity index (χ2v) is 19.0. The number of carbonyl (C=O) groups excluding carboxylic acids is 1. The van der Waals surface area contributed by atoms with Gasteiger partial charge >= 0.3 is 0 Å². The van der Waals surface area contributed by atoms with E-state index in [2.05, 4.69) is 91.9 Å². The number of aldehydes is 1. The molecular weight excluding hydrogens is 849 g/mol. The Morgan fingerprint density at radius 3 is 1.26 bits per heavy atom. The highest BCUT2D eigenvalue weighted by Gasteiger charge is 2.37. The van der Waals surface area contributed by atoms with Crippen LogP contribution in [0.2, 0.25) is 0 Å². The first kappa shape index (κ1) is 48.1. The molecule has 350 valence electrons. The molecule has 0 heterocycles. The molecule has 5 heteroatoms. The third kappa shape index (κ3) is 11.2. The van der Waals surface area contributed by atoms with Crippen LogP contribution >= 0.6 is 0 Å². The van der Waals surface area contributed by atoms with Crippen LogP contribution < -0.4 is 0 Å². The third-order valence-corrected chi connectivity index (χ3v) is 14.7. The number of carbonyl (C=O) groups is 1. The quantitative estimate of drug-likeness (QED) is 0.108. The van der Waals surface area contributed by atoms with Gasteiger partial charge in [-0.1, -0.05) is 203 Å². The SMILES string of the molecule is Cc1cc(C2(c3ccc(O)c(C(C)c4ccc(-c5ccccc5)cc4)c3)CCCCC2)ccc1O.O=Cc1ccc(-c2ccccc2)cc1.Oc1ccc(C2(c3ccc(O)cc3)CCCCC2)cc1. The van der Waals surface area contributed by atoms with E-state index in [0.717, 1.165) is 48.7 Å². The first-order chi connectivity index (χ1) is 33.6. The van der Waals surface area contributed by atoms with Gasteiger partial charge in [-0.25, -0.2) is 0 Å². The molecule has 8 aromatic carbocycles. The molecule has 0 aliphatic heterocycles. The van der Waals surface area contributed by atoms with Crippen LogP contribution in [-0.2, 0) is 10.8 Å². The van der Waals surface area contributed by atoms with Crippen LogP contribution in [0.4, 0.5) is 0 Å². The Balaban J connectivity index is 0.000000158. The summed E-state index contributed by atoms with van der Waals surface area (Å²) >= 11 is 0. The van der Waals surface area contributed by atoms with E-state index < -0.39 is 0 Å². The molecule has 5 nitrogen and oxygen atoms in total. The molecule has 1 atom stereocenters. The lowest BCUT2D eigenvalue weighted by molar-refractivity contribution is 0.112. The van der Waals surface area contributed by atoms with Gasteiger partial charge in [-0.3, -0.25) is 4.79 Å². The summed E-state index contributed by atoms with van der Waals surface area (Å²) in [5.41, 5.74) is 13.5. The number of benzene rings is 8. The monoisotopic (exact) mass is 912 g/mol. The summed E-state index contributed by atoms with van der Waals surface area (Å²) in [6.07, 6.45) is 12.7. The van der Waals surface area contributed by atoms with E-state index in [9.17, 15) is 25.2 Å². The number of hydrogen-bond acceptors (Lipinski definition) is 5. The van der Waals surface area contributed by atoms with Gasteiger partial charge in [0.2, 0.25) is 0 Å². The summed E-state index contributed by atoms with van der Waals surface area (Å²) in [6, 6.07) is 64.3. The van der Waals surface area contributed by atoms with E-state index >= 15 is 0 Å². The van der Waals surface area contributed by atoms with Gasteiger partial charge < -0.3 is 20.4 Å². The van der Waals surface area contributed by atoms with Crippen molar-refractivity contribution in [3.05, 3.63) is 239 Å². The van der Waals surface area contributed by atoms with Crippen LogP contribution in [0.15, 0.2) is 194 Å². The molecule has 0 radical (unpaired) electrons. The Labute approximate surface area is 408 Å². The van der Waals surface area contributed by atoms with E-state index in [-0.39, 0.29) is 16.7 Å². The maximum Gasteiger partial charge on any atom is 0.150 e. The lowest BCUT2D eigenvalue weighted by Gasteiger charge is -2.39. The van der Waals surface area contributed by atoms with Gasteiger partial charge in [0.1, 0.15) is 29.3 Å². The van der Waals surface area contributed by atoms with Gasteiger partial charge in [0, 0.05) is 27.9 Å². The smallest absolute Gasteiger partial charge is 0.150 e. The molecule has 0 amide bonds. The zero-order chi connectivity index (χ0) is 48.2. The lowest BCUT2D eigenvalue weighted by Crippen LogP contribution is -2.30. The van der Waals surface area contributed by atoms with Crippen LogP contribution in [0, 0.1) is 6.92 Å². The summed E-state index contributed by atoms with van der Waals surface area (Å²) in [7, 11) is 0. The topological polar surface area (TPSA) is 98.0 Å². The van der Waals surface area contributed by atoms with E-state index in [1.54, 1.807) is 24.3 Å². The van der Waals surface area contributed by atoms with Crippen LogP contribution in [0.3, 0.4) is 0 Å². The molecular formula is C64H64O5. The zero-order valence-corrected chi connectivity index (χ0v) is 39.9. The molecule has 2 aliphatic carbocycles. The number of aromatic hydroxyl groups is 4. The molecule has 0 saturated heterocycles. The Hall–Kier alpha value is -7.37. The van der Waals surface area contributed by atoms with Gasteiger partial charge in [0.15, 0.2) is 0 Å². The Morgan fingerprint density at radius 1 is 0.420 bits per heavy atom. The highest BCUT2D eigenvalue weighted by molar-refractivity contribution is 5.77. The van der Waals surface area contributed by atoms with Crippen LogP contribution in [-0.4, -0.2) is 26.7 Å². The van der Waals surface area contributed by atoms with Crippen molar-refractivity contribution in [3.63, 3.8) is 0 Å². The van der Waals surface area contributed by atoms with Crippen LogP contribution in [0.5, 0.6) is 23.0 Å². The standard InChI is InChI=1S/C33H34O2.C18H20O2.C13H10O/c1-23-21-28(15-17-31(23)34)33(19-7-4-8-20-33)29-16-18-32(35)30(22-29)24(2)25-11-13-27(14-12-25)26-9-5-3-6-10-26;19-16-8-4-14(5-9-16)18(12-2-1-3-13-18)15-6-10-17(20)11-7-15;14-10-11-6-8-13(9-7-11)12-4-2-1-3-5-12/h3,5-6,9-18,21-22,24,34-35H,4,7-8,19-20H2,1-2H3;4-11,19-20H,1-3,12-13H2;1-10H. The van der Waals surface area contributed by atoms with Gasteiger partial charge in [-0.05, 0) is 125 Å². The summed E-state index contributed by atoms with van der Waals surface area (Å²) in [5, 5.41) is 40.1. The molecule has 8 aromatic rings. The number of phenolic OH excluding ortho intramolecular Hbond substituents is 4. The van der Waals surface area contributed by atoms with Gasteiger partial charge in [0.05, 0.1) is 0 Å². The average molecular weight is 913 g/mol. The molecule has 2 aliphatic rings. The Bertz CT molecular complexity index is 2830. The highest BCUT2D eigenvalue weighted by atomic mass is 16.3. The molecule has 2 saturated carbocycles. The Kier molecular flexibility index (Phi) is 15.4. The molecule has 0 spiro atoms. The van der Waals surface area contributed by atoms with Crippen molar-refractivity contribution in [1.82, 2.24) is 0 Å². The molecule has 1 unspecified atom stereocenters. The number of phenols is 4. The molecule has 69 heavy (non-hydrogen) atoms. The zero-order valence-electron chi connectivity index (χ0n) is 39.9. The van der Waals surface area contributed by atoms with E-state index in [0.29, 0.717) is 28.6 Å². The summed E-state index contributed by atoms with van der Waals surface area (Å²) in [5.74, 6) is 1.39. The van der Waals surface area contributed by atoms with Crippen molar-refractivity contribution in [1.29, 1.82) is 0 Å². The van der Waals surface area contributed by atoms with Crippen molar-refractivity contribution in [2.45, 2.75) is 94.8 Å². The van der Waals surface area contributed by atoms with Gasteiger partial charge in [-0.2, -0.15) is 0 Å². The van der Waals surface area contributed by atoms with E-state index in [4.69, 9.17) is 0 Å². The highest BCUT2D eigenvalue weighted by Crippen LogP contribution is 2.48. The van der Waals surface area contributed by atoms with Crippen molar-refractivity contribution >= 4 is 6.29 Å². The maximum atomic E-state index is 10.9. The van der Waals surface area contributed by atoms with Crippen LogP contribution in [0.1, 0.15) is 126 Å². The minimum Gasteiger partial charge on any atom is -0.508 e. The minimum atomic E-state index is -0.0873. The number of rotatable bonds is 9. The average Bonchev–Trinajstić information content (AvgIpc) is 3.41. The molecule has 2 fully saturated rings. The van der Waals surface area contributed by atoms with Gasteiger partial charge in [0.25, 0.3) is 0 Å². The van der Waals surface area contributed by atoms with Gasteiger partial charge in [-0.15, -0.1) is 0 Å². The summed E-state index contributed by atoms with van der Waals surface area (Å²) in [6.45, 7) is 4.15. The minimum absolute atomic E-state index is 0.0274. The molecule has 10 rings (SSSR count). The van der Waals surface area contributed by atoms with Crippen molar-refractivity contribution in [2.75, 3.05) is 0 Å². The first-order valence-electron chi connectivity index (χ1n) is 24.6. The van der Waals surface area contributed by atoms with E-state index in [1.165, 1.54) is 83.0 Å². The first-order valence-corrected chi connectivity index (χ1v) is 24.6. The summed E-state index contributed by atoms with van der Waals surface area (Å²) in [4.78, 5) is 10.5. The second-order valence-electron chi connectivity index (χ2n) is 19.0. The normalized spacial score (nSPS) is 15.3. The third-order valence-electron chi connectivity index (χ3n) is 14.7. The summed E-state index contributed by atoms with van der Waals surface area (Å²) < 4.78 is 0. The lowest BCUT2D eigenvalue weighted by atomic mass is 9.64. The Morgan fingerprint density at radius 2 is 0.812 bits per heavy atom. The number of aryl methyl sites for hydroxylation is 1. The van der Waals surface area contributed by atoms with E-state index in [1.807, 2.05) is 91.9 Å². The van der Waals surface area contributed by atoms with Crippen molar-refractivity contribution in [3.8, 4) is 45.3 Å². The fraction of sp³-hybridized carbons (Fsp3) is 0.234. The fourth-order valence-electron chi connectivity index (χ4n) is 10.7.